The molecule has 0 unspecified atom stereocenters. The summed E-state index contributed by atoms with van der Waals surface area (Å²) in [6.45, 7) is 8.16. The lowest BCUT2D eigenvalue weighted by Gasteiger charge is -2.38. The highest BCUT2D eigenvalue weighted by atomic mass is 32.1. The van der Waals surface area contributed by atoms with Gasteiger partial charge in [-0.2, -0.15) is 0 Å². The van der Waals surface area contributed by atoms with Gasteiger partial charge in [0.1, 0.15) is 17.4 Å². The lowest BCUT2D eigenvalue weighted by Crippen LogP contribution is -2.47. The number of rotatable bonds is 4. The Balaban J connectivity index is 1.61. The van der Waals surface area contributed by atoms with Crippen LogP contribution < -0.4 is 0 Å². The third-order valence-corrected chi connectivity index (χ3v) is 7.10. The number of carboxylic acid groups (broad SMARTS) is 1. The number of aromatic nitrogens is 3. The number of hydrogen-bond acceptors (Lipinski definition) is 5. The van der Waals surface area contributed by atoms with Crippen molar-refractivity contribution in [3.63, 3.8) is 0 Å². The van der Waals surface area contributed by atoms with Crippen molar-refractivity contribution in [2.45, 2.75) is 71.1 Å². The van der Waals surface area contributed by atoms with Gasteiger partial charge in [0, 0.05) is 18.1 Å². The molecule has 8 heteroatoms. The summed E-state index contributed by atoms with van der Waals surface area (Å²) in [5, 5.41) is 22.1. The standard InChI is InChI=1S/C22H30N4O3S/c1-13(27)20-24-17-11-23-16-9-10-30-19(16)18(17)26(20)15-7-5-14(6-8-15)12-25(21(28)29)22(2,3)4/h9-11,13-15,27H,5-8,12H2,1-4H3,(H,28,29)/t13-,14-,15-/m1/s1. The van der Waals surface area contributed by atoms with Gasteiger partial charge in [-0.05, 0) is 70.7 Å². The number of fused-ring (bicyclic) bond motifs is 3. The summed E-state index contributed by atoms with van der Waals surface area (Å²) in [5.41, 5.74) is 2.45. The minimum atomic E-state index is -0.853. The molecule has 3 aromatic rings. The van der Waals surface area contributed by atoms with Gasteiger partial charge in [0.15, 0.2) is 0 Å². The molecular formula is C22H30N4O3S. The summed E-state index contributed by atoms with van der Waals surface area (Å²) >= 11 is 1.66. The van der Waals surface area contributed by atoms with E-state index in [0.29, 0.717) is 18.3 Å². The SMILES string of the molecule is C[C@@H](O)c1nc2cnc3ccsc3c2n1[C@H]1CC[C@H](CN(C(=O)O)C(C)(C)C)CC1. The van der Waals surface area contributed by atoms with Crippen molar-refractivity contribution in [3.05, 3.63) is 23.5 Å². The van der Waals surface area contributed by atoms with Crippen LogP contribution in [0.25, 0.3) is 21.3 Å². The molecule has 7 nitrogen and oxygen atoms in total. The number of nitrogens with zero attached hydrogens (tertiary/aromatic N) is 4. The first-order valence-electron chi connectivity index (χ1n) is 10.6. The van der Waals surface area contributed by atoms with E-state index >= 15 is 0 Å². The predicted molar refractivity (Wildman–Crippen MR) is 119 cm³/mol. The number of hydrogen-bond donors (Lipinski definition) is 2. The first-order chi connectivity index (χ1) is 14.2. The van der Waals surface area contributed by atoms with Crippen molar-refractivity contribution < 1.29 is 15.0 Å². The molecule has 162 valence electrons. The number of pyridine rings is 1. The monoisotopic (exact) mass is 430 g/mol. The zero-order valence-corrected chi connectivity index (χ0v) is 18.8. The predicted octanol–water partition coefficient (Wildman–Crippen LogP) is 5.21. The fraction of sp³-hybridized carbons (Fsp3) is 0.591. The highest BCUT2D eigenvalue weighted by molar-refractivity contribution is 7.18. The summed E-state index contributed by atoms with van der Waals surface area (Å²) in [6, 6.07) is 2.26. The Morgan fingerprint density at radius 3 is 2.60 bits per heavy atom. The molecule has 0 saturated heterocycles. The molecule has 0 aliphatic heterocycles. The second-order valence-electron chi connectivity index (χ2n) is 9.38. The minimum absolute atomic E-state index is 0.247. The fourth-order valence-electron chi connectivity index (χ4n) is 4.64. The summed E-state index contributed by atoms with van der Waals surface area (Å²) in [6.07, 6.45) is 4.10. The Labute approximate surface area is 180 Å². The van der Waals surface area contributed by atoms with Crippen LogP contribution in [-0.2, 0) is 0 Å². The van der Waals surface area contributed by atoms with Crippen LogP contribution in [0.15, 0.2) is 17.6 Å². The first kappa shape index (κ1) is 21.1. The molecule has 1 aliphatic carbocycles. The largest absolute Gasteiger partial charge is 0.465 e. The molecule has 0 bridgehead atoms. The molecule has 0 spiro atoms. The molecule has 0 radical (unpaired) electrons. The number of amides is 1. The zero-order chi connectivity index (χ0) is 21.6. The number of carbonyl (C=O) groups is 1. The topological polar surface area (TPSA) is 91.5 Å². The molecule has 2 N–H and O–H groups in total. The molecule has 1 saturated carbocycles. The Morgan fingerprint density at radius 1 is 1.30 bits per heavy atom. The molecular weight excluding hydrogens is 400 g/mol. The van der Waals surface area contributed by atoms with Crippen LogP contribution in [0.1, 0.15) is 71.3 Å². The van der Waals surface area contributed by atoms with E-state index in [1.807, 2.05) is 32.2 Å². The smallest absolute Gasteiger partial charge is 0.407 e. The third-order valence-electron chi connectivity index (χ3n) is 6.19. The van der Waals surface area contributed by atoms with Gasteiger partial charge in [-0.1, -0.05) is 0 Å². The van der Waals surface area contributed by atoms with Gasteiger partial charge in [-0.3, -0.25) is 4.98 Å². The van der Waals surface area contributed by atoms with Gasteiger partial charge in [-0.25, -0.2) is 9.78 Å². The summed E-state index contributed by atoms with van der Waals surface area (Å²) in [7, 11) is 0. The molecule has 4 rings (SSSR count). The van der Waals surface area contributed by atoms with Crippen LogP contribution in [0.2, 0.25) is 0 Å². The van der Waals surface area contributed by atoms with E-state index < -0.39 is 17.7 Å². The van der Waals surface area contributed by atoms with Crippen LogP contribution in [0, 0.1) is 5.92 Å². The minimum Gasteiger partial charge on any atom is -0.465 e. The van der Waals surface area contributed by atoms with Gasteiger partial charge in [0.2, 0.25) is 0 Å². The Kier molecular flexibility index (Phi) is 5.48. The average molecular weight is 431 g/mol. The van der Waals surface area contributed by atoms with Gasteiger partial charge >= 0.3 is 6.09 Å². The number of aliphatic hydroxyl groups is 1. The number of aliphatic hydroxyl groups excluding tert-OH is 1. The second-order valence-corrected chi connectivity index (χ2v) is 10.3. The van der Waals surface area contributed by atoms with E-state index in [1.165, 1.54) is 0 Å². The highest BCUT2D eigenvalue weighted by Gasteiger charge is 2.32. The Bertz CT molecular complexity index is 1060. The van der Waals surface area contributed by atoms with E-state index in [1.54, 1.807) is 29.4 Å². The van der Waals surface area contributed by atoms with Gasteiger partial charge < -0.3 is 19.7 Å². The van der Waals surface area contributed by atoms with Gasteiger partial charge in [0.25, 0.3) is 0 Å². The number of imidazole rings is 1. The third kappa shape index (κ3) is 3.78. The lowest BCUT2D eigenvalue weighted by molar-refractivity contribution is 0.0798. The molecule has 1 amide bonds. The maximum atomic E-state index is 11.7. The quantitative estimate of drug-likeness (QED) is 0.593. The average Bonchev–Trinajstić information content (AvgIpc) is 3.29. The molecule has 3 heterocycles. The first-order valence-corrected chi connectivity index (χ1v) is 11.5. The summed E-state index contributed by atoms with van der Waals surface area (Å²) in [5.74, 6) is 1.04. The zero-order valence-electron chi connectivity index (χ0n) is 18.0. The van der Waals surface area contributed by atoms with E-state index in [4.69, 9.17) is 4.98 Å². The summed E-state index contributed by atoms with van der Waals surface area (Å²) in [4.78, 5) is 22.5. The van der Waals surface area contributed by atoms with Crippen LogP contribution in [0.5, 0.6) is 0 Å². The van der Waals surface area contributed by atoms with Crippen molar-refractivity contribution in [3.8, 4) is 0 Å². The highest BCUT2D eigenvalue weighted by Crippen LogP contribution is 2.39. The van der Waals surface area contributed by atoms with Crippen molar-refractivity contribution in [2.75, 3.05) is 6.54 Å². The summed E-state index contributed by atoms with van der Waals surface area (Å²) < 4.78 is 3.34. The van der Waals surface area contributed by atoms with Crippen LogP contribution in [-0.4, -0.2) is 47.8 Å². The fourth-order valence-corrected chi connectivity index (χ4v) is 5.53. The van der Waals surface area contributed by atoms with E-state index in [9.17, 15) is 15.0 Å². The Hall–Kier alpha value is -2.19. The molecule has 30 heavy (non-hydrogen) atoms. The molecule has 0 aromatic carbocycles. The molecule has 3 aromatic heterocycles. The van der Waals surface area contributed by atoms with Crippen LogP contribution in [0.4, 0.5) is 4.79 Å². The maximum absolute atomic E-state index is 11.7. The van der Waals surface area contributed by atoms with Crippen molar-refractivity contribution in [1.82, 2.24) is 19.4 Å². The van der Waals surface area contributed by atoms with Crippen molar-refractivity contribution in [1.29, 1.82) is 0 Å². The Morgan fingerprint density at radius 2 is 2.00 bits per heavy atom. The van der Waals surface area contributed by atoms with E-state index in [-0.39, 0.29) is 6.04 Å². The molecule has 1 atom stereocenters. The molecule has 1 fully saturated rings. The van der Waals surface area contributed by atoms with Gasteiger partial charge in [0.05, 0.1) is 21.9 Å². The normalized spacial score (nSPS) is 21.2. The lowest BCUT2D eigenvalue weighted by atomic mass is 9.84. The second kappa shape index (κ2) is 7.81. The van der Waals surface area contributed by atoms with Crippen LogP contribution >= 0.6 is 11.3 Å². The van der Waals surface area contributed by atoms with E-state index in [0.717, 1.165) is 46.9 Å². The maximum Gasteiger partial charge on any atom is 0.407 e. The van der Waals surface area contributed by atoms with Crippen LogP contribution in [0.3, 0.4) is 0 Å². The van der Waals surface area contributed by atoms with Crippen molar-refractivity contribution in [2.24, 2.45) is 5.92 Å². The van der Waals surface area contributed by atoms with E-state index in [2.05, 4.69) is 9.55 Å². The number of thiophene rings is 1. The molecule has 1 aliphatic rings. The van der Waals surface area contributed by atoms with Crippen molar-refractivity contribution >= 4 is 38.7 Å². The van der Waals surface area contributed by atoms with Gasteiger partial charge in [-0.15, -0.1) is 11.3 Å².